The van der Waals surface area contributed by atoms with Crippen molar-refractivity contribution in [3.8, 4) is 0 Å². The summed E-state index contributed by atoms with van der Waals surface area (Å²) in [5, 5.41) is 5.31. The Morgan fingerprint density at radius 2 is 2.37 bits per heavy atom. The fraction of sp³-hybridized carbons (Fsp3) is 0.692. The Kier molecular flexibility index (Phi) is 6.82. The Balaban J connectivity index is 2.34. The van der Waals surface area contributed by atoms with Crippen molar-refractivity contribution in [3.63, 3.8) is 0 Å². The monoisotopic (exact) mass is 301 g/mol. The average Bonchev–Trinajstić information content (AvgIpc) is 2.78. The number of nitrogens with one attached hydrogen (secondary N) is 1. The van der Waals surface area contributed by atoms with Crippen LogP contribution in [0.5, 0.6) is 0 Å². The smallest absolute Gasteiger partial charge is 0.237 e. The number of nitrogens with zero attached hydrogens (tertiary/aromatic N) is 1. The highest BCUT2D eigenvalue weighted by atomic mass is 32.2. The number of aromatic nitrogens is 1. The molecular formula is C13H23N3OS2. The molecule has 1 atom stereocenters. The van der Waals surface area contributed by atoms with Gasteiger partial charge in [-0.25, -0.2) is 4.98 Å². The number of amides is 1. The zero-order valence-corrected chi connectivity index (χ0v) is 13.5. The van der Waals surface area contributed by atoms with Crippen LogP contribution in [-0.2, 0) is 4.79 Å². The van der Waals surface area contributed by atoms with Crippen molar-refractivity contribution < 1.29 is 4.79 Å². The number of rotatable bonds is 9. The van der Waals surface area contributed by atoms with Crippen molar-refractivity contribution in [3.05, 3.63) is 11.1 Å². The molecule has 0 saturated carbocycles. The molecule has 6 heteroatoms. The van der Waals surface area contributed by atoms with E-state index in [-0.39, 0.29) is 5.91 Å². The molecule has 0 aliphatic rings. The standard InChI is InChI=1S/C13H23N3OS2/c1-4-7-15-13(3,11(14)17)6-5-8-18-12-16-10(2)9-19-12/h9,15H,4-8H2,1-3H3,(H2,14,17). The molecule has 1 heterocycles. The van der Waals surface area contributed by atoms with Crippen molar-refractivity contribution in [2.75, 3.05) is 12.3 Å². The number of carbonyl (C=O) groups excluding carboxylic acids is 1. The first-order valence-corrected chi connectivity index (χ1v) is 8.44. The first-order valence-electron chi connectivity index (χ1n) is 6.58. The van der Waals surface area contributed by atoms with Gasteiger partial charge in [-0.3, -0.25) is 4.79 Å². The molecule has 1 aromatic rings. The van der Waals surface area contributed by atoms with Gasteiger partial charge in [0.1, 0.15) is 4.34 Å². The molecule has 0 bridgehead atoms. The summed E-state index contributed by atoms with van der Waals surface area (Å²) < 4.78 is 1.10. The normalized spacial score (nSPS) is 14.3. The molecule has 0 aromatic carbocycles. The Morgan fingerprint density at radius 3 is 2.89 bits per heavy atom. The molecular weight excluding hydrogens is 278 g/mol. The van der Waals surface area contributed by atoms with Crippen LogP contribution in [0.3, 0.4) is 0 Å². The predicted molar refractivity (Wildman–Crippen MR) is 82.7 cm³/mol. The molecule has 0 spiro atoms. The van der Waals surface area contributed by atoms with E-state index >= 15 is 0 Å². The van der Waals surface area contributed by atoms with Crippen molar-refractivity contribution in [2.45, 2.75) is 49.9 Å². The lowest BCUT2D eigenvalue weighted by atomic mass is 9.95. The summed E-state index contributed by atoms with van der Waals surface area (Å²) in [6.45, 7) is 6.79. The van der Waals surface area contributed by atoms with E-state index in [4.69, 9.17) is 5.73 Å². The third-order valence-corrected chi connectivity index (χ3v) is 5.18. The van der Waals surface area contributed by atoms with E-state index in [1.54, 1.807) is 23.1 Å². The van der Waals surface area contributed by atoms with E-state index in [9.17, 15) is 4.79 Å². The quantitative estimate of drug-likeness (QED) is 0.543. The highest BCUT2D eigenvalue weighted by Crippen LogP contribution is 2.24. The van der Waals surface area contributed by atoms with Crippen LogP contribution in [0.4, 0.5) is 0 Å². The average molecular weight is 301 g/mol. The minimum atomic E-state index is -0.588. The maximum absolute atomic E-state index is 11.5. The van der Waals surface area contributed by atoms with Crippen LogP contribution in [0.25, 0.3) is 0 Å². The van der Waals surface area contributed by atoms with E-state index < -0.39 is 5.54 Å². The van der Waals surface area contributed by atoms with Gasteiger partial charge in [-0.15, -0.1) is 11.3 Å². The molecule has 19 heavy (non-hydrogen) atoms. The summed E-state index contributed by atoms with van der Waals surface area (Å²) in [6, 6.07) is 0. The molecule has 1 rings (SSSR count). The van der Waals surface area contributed by atoms with Crippen molar-refractivity contribution in [2.24, 2.45) is 5.73 Å². The molecule has 0 aliphatic heterocycles. The first kappa shape index (κ1) is 16.5. The van der Waals surface area contributed by atoms with Crippen molar-refractivity contribution in [1.82, 2.24) is 10.3 Å². The second-order valence-electron chi connectivity index (χ2n) is 4.83. The lowest BCUT2D eigenvalue weighted by Crippen LogP contribution is -2.53. The second kappa shape index (κ2) is 7.87. The summed E-state index contributed by atoms with van der Waals surface area (Å²) in [7, 11) is 0. The zero-order valence-electron chi connectivity index (χ0n) is 11.9. The first-order chi connectivity index (χ1) is 8.98. The Labute approximate surface area is 123 Å². The molecule has 3 N–H and O–H groups in total. The summed E-state index contributed by atoms with van der Waals surface area (Å²) in [4.78, 5) is 15.9. The van der Waals surface area contributed by atoms with E-state index in [2.05, 4.69) is 22.6 Å². The number of carbonyl (C=O) groups is 1. The summed E-state index contributed by atoms with van der Waals surface area (Å²) in [6.07, 6.45) is 2.70. The molecule has 4 nitrogen and oxygen atoms in total. The minimum absolute atomic E-state index is 0.268. The van der Waals surface area contributed by atoms with Gasteiger partial charge in [0, 0.05) is 16.8 Å². The number of nitrogens with two attached hydrogens (primary N) is 1. The SMILES string of the molecule is CCCNC(C)(CCCSc1nc(C)cs1)C(N)=O. The fourth-order valence-corrected chi connectivity index (χ4v) is 3.54. The van der Waals surface area contributed by atoms with Gasteiger partial charge in [-0.05, 0) is 39.7 Å². The van der Waals surface area contributed by atoms with Gasteiger partial charge < -0.3 is 11.1 Å². The van der Waals surface area contributed by atoms with E-state index in [0.29, 0.717) is 0 Å². The number of hydrogen-bond acceptors (Lipinski definition) is 5. The largest absolute Gasteiger partial charge is 0.368 e. The van der Waals surface area contributed by atoms with Crippen LogP contribution >= 0.6 is 23.1 Å². The summed E-state index contributed by atoms with van der Waals surface area (Å²) >= 11 is 3.42. The Hall–Kier alpha value is -0.590. The molecule has 0 aliphatic carbocycles. The van der Waals surface area contributed by atoms with Gasteiger partial charge in [0.15, 0.2) is 0 Å². The molecule has 1 amide bonds. The highest BCUT2D eigenvalue weighted by molar-refractivity contribution is 8.00. The van der Waals surface area contributed by atoms with Crippen molar-refractivity contribution >= 4 is 29.0 Å². The number of primary amides is 1. The van der Waals surface area contributed by atoms with Crippen LogP contribution in [-0.4, -0.2) is 28.7 Å². The van der Waals surface area contributed by atoms with Crippen LogP contribution in [0.1, 0.15) is 38.8 Å². The minimum Gasteiger partial charge on any atom is -0.368 e. The fourth-order valence-electron chi connectivity index (χ4n) is 1.68. The molecule has 108 valence electrons. The van der Waals surface area contributed by atoms with Crippen LogP contribution in [0, 0.1) is 6.92 Å². The number of hydrogen-bond donors (Lipinski definition) is 2. The van der Waals surface area contributed by atoms with Crippen molar-refractivity contribution in [1.29, 1.82) is 0 Å². The van der Waals surface area contributed by atoms with Gasteiger partial charge in [0.05, 0.1) is 5.54 Å². The molecule has 1 aromatic heterocycles. The topological polar surface area (TPSA) is 68.0 Å². The molecule has 0 saturated heterocycles. The van der Waals surface area contributed by atoms with Gasteiger partial charge in [-0.1, -0.05) is 18.7 Å². The predicted octanol–water partition coefficient (Wildman–Crippen LogP) is 2.57. The van der Waals surface area contributed by atoms with E-state index in [1.807, 2.05) is 13.8 Å². The third kappa shape index (κ3) is 5.50. The number of thioether (sulfide) groups is 1. The summed E-state index contributed by atoms with van der Waals surface area (Å²) in [5.74, 6) is 0.694. The molecule has 1 unspecified atom stereocenters. The van der Waals surface area contributed by atoms with Crippen LogP contribution < -0.4 is 11.1 Å². The number of thiazole rings is 1. The Bertz CT molecular complexity index is 408. The highest BCUT2D eigenvalue weighted by Gasteiger charge is 2.29. The Morgan fingerprint density at radius 1 is 1.63 bits per heavy atom. The van der Waals surface area contributed by atoms with E-state index in [1.165, 1.54) is 0 Å². The van der Waals surface area contributed by atoms with Crippen LogP contribution in [0.2, 0.25) is 0 Å². The lowest BCUT2D eigenvalue weighted by molar-refractivity contribution is -0.124. The number of aryl methyl sites for hydroxylation is 1. The van der Waals surface area contributed by atoms with Gasteiger partial charge in [0.25, 0.3) is 0 Å². The van der Waals surface area contributed by atoms with Gasteiger partial charge in [0.2, 0.25) is 5.91 Å². The maximum atomic E-state index is 11.5. The maximum Gasteiger partial charge on any atom is 0.237 e. The molecule has 0 radical (unpaired) electrons. The van der Waals surface area contributed by atoms with E-state index in [0.717, 1.165) is 41.6 Å². The zero-order chi connectivity index (χ0) is 14.3. The second-order valence-corrected chi connectivity index (χ2v) is 7.03. The summed E-state index contributed by atoms with van der Waals surface area (Å²) in [5.41, 5.74) is 5.97. The lowest BCUT2D eigenvalue weighted by Gasteiger charge is -2.27. The van der Waals surface area contributed by atoms with Gasteiger partial charge in [-0.2, -0.15) is 0 Å². The third-order valence-electron chi connectivity index (χ3n) is 2.95. The van der Waals surface area contributed by atoms with Crippen LogP contribution in [0.15, 0.2) is 9.72 Å². The van der Waals surface area contributed by atoms with Gasteiger partial charge >= 0.3 is 0 Å². The molecule has 0 fully saturated rings.